The average Bonchev–Trinajstić information content (AvgIpc) is 2.45. The van der Waals surface area contributed by atoms with Gasteiger partial charge in [0.25, 0.3) is 0 Å². The molecule has 3 N–H and O–H groups in total. The van der Waals surface area contributed by atoms with Gasteiger partial charge in [0.1, 0.15) is 6.04 Å². The number of hydrogen-bond donors (Lipinski definition) is 2. The van der Waals surface area contributed by atoms with Crippen LogP contribution in [0.4, 0.5) is 0 Å². The van der Waals surface area contributed by atoms with E-state index in [0.717, 1.165) is 0 Å². The smallest absolute Gasteiger partial charge is 0.345 e. The first-order valence-corrected chi connectivity index (χ1v) is 5.97. The van der Waals surface area contributed by atoms with Crippen molar-refractivity contribution in [2.24, 2.45) is 5.73 Å². The van der Waals surface area contributed by atoms with Gasteiger partial charge >= 0.3 is 17.9 Å². The minimum atomic E-state index is -0.957. The molecule has 1 atom stereocenters. The third kappa shape index (κ3) is 5.17. The van der Waals surface area contributed by atoms with Crippen LogP contribution in [0.3, 0.4) is 0 Å². The highest BCUT2D eigenvalue weighted by atomic mass is 16.7. The number of benzene rings is 1. The van der Waals surface area contributed by atoms with Gasteiger partial charge in [-0.25, -0.2) is 9.59 Å². The Morgan fingerprint density at radius 2 is 1.90 bits per heavy atom. The van der Waals surface area contributed by atoms with Gasteiger partial charge in [0.05, 0.1) is 5.56 Å². The molecule has 0 amide bonds. The highest BCUT2D eigenvalue weighted by molar-refractivity contribution is 5.96. The Bertz CT molecular complexity index is 475. The van der Waals surface area contributed by atoms with Crippen molar-refractivity contribution >= 4 is 17.9 Å². The Morgan fingerprint density at radius 3 is 2.50 bits per heavy atom. The van der Waals surface area contributed by atoms with E-state index < -0.39 is 23.9 Å². The van der Waals surface area contributed by atoms with Crippen molar-refractivity contribution < 1.29 is 24.0 Å². The summed E-state index contributed by atoms with van der Waals surface area (Å²) >= 11 is 0. The summed E-state index contributed by atoms with van der Waals surface area (Å²) < 4.78 is 4.63. The normalized spacial score (nSPS) is 11.5. The van der Waals surface area contributed by atoms with Crippen LogP contribution in [0.15, 0.2) is 30.3 Å². The summed E-state index contributed by atoms with van der Waals surface area (Å²) in [6.45, 7) is 0. The van der Waals surface area contributed by atoms with Crippen LogP contribution in [0.2, 0.25) is 0 Å². The number of hydroxylamine groups is 1. The number of esters is 2. The van der Waals surface area contributed by atoms with Gasteiger partial charge in [0, 0.05) is 13.5 Å². The van der Waals surface area contributed by atoms with Crippen LogP contribution in [0.5, 0.6) is 0 Å². The van der Waals surface area contributed by atoms with Crippen molar-refractivity contribution in [2.75, 3.05) is 7.05 Å². The van der Waals surface area contributed by atoms with Crippen LogP contribution in [-0.4, -0.2) is 31.0 Å². The molecule has 0 aromatic heterocycles. The third-order valence-corrected chi connectivity index (χ3v) is 2.38. The van der Waals surface area contributed by atoms with Gasteiger partial charge in [-0.3, -0.25) is 4.79 Å². The lowest BCUT2D eigenvalue weighted by atomic mass is 10.2. The van der Waals surface area contributed by atoms with Crippen LogP contribution in [0.25, 0.3) is 0 Å². The Morgan fingerprint density at radius 1 is 1.25 bits per heavy atom. The molecule has 0 bridgehead atoms. The van der Waals surface area contributed by atoms with Crippen LogP contribution < -0.4 is 11.2 Å². The van der Waals surface area contributed by atoms with E-state index in [1.807, 2.05) is 0 Å². The molecule has 0 heterocycles. The molecular weight excluding hydrogens is 264 g/mol. The molecule has 7 nitrogen and oxygen atoms in total. The van der Waals surface area contributed by atoms with Gasteiger partial charge in [0.15, 0.2) is 0 Å². The predicted octanol–water partition coefficient (Wildman–Crippen LogP) is 0.155. The van der Waals surface area contributed by atoms with Gasteiger partial charge in [-0.2, -0.15) is 5.48 Å². The van der Waals surface area contributed by atoms with Gasteiger partial charge < -0.3 is 15.3 Å². The maximum absolute atomic E-state index is 11.6. The summed E-state index contributed by atoms with van der Waals surface area (Å²) in [5.41, 5.74) is 7.95. The van der Waals surface area contributed by atoms with Gasteiger partial charge in [-0.15, -0.1) is 0 Å². The lowest BCUT2D eigenvalue weighted by molar-refractivity contribution is -0.151. The molecule has 1 rings (SSSR count). The lowest BCUT2D eigenvalue weighted by Crippen LogP contribution is -2.35. The average molecular weight is 280 g/mol. The minimum Gasteiger partial charge on any atom is -0.389 e. The molecule has 0 saturated carbocycles. The second-order valence-corrected chi connectivity index (χ2v) is 3.90. The SMILES string of the molecule is CNOC(=O)C(N)CCC(=O)OC(=O)c1ccccc1. The van der Waals surface area contributed by atoms with E-state index in [2.05, 4.69) is 15.1 Å². The van der Waals surface area contributed by atoms with E-state index >= 15 is 0 Å². The Labute approximate surface area is 116 Å². The van der Waals surface area contributed by atoms with Crippen molar-refractivity contribution in [1.29, 1.82) is 0 Å². The summed E-state index contributed by atoms with van der Waals surface area (Å²) in [6.07, 6.45) is -0.125. The highest BCUT2D eigenvalue weighted by Gasteiger charge is 2.19. The maximum Gasteiger partial charge on any atom is 0.345 e. The summed E-state index contributed by atoms with van der Waals surface area (Å²) in [7, 11) is 1.41. The fraction of sp³-hybridized carbons (Fsp3) is 0.308. The minimum absolute atomic E-state index is 0.0292. The molecule has 20 heavy (non-hydrogen) atoms. The number of nitrogens with two attached hydrogens (primary N) is 1. The molecule has 0 aliphatic carbocycles. The molecule has 1 aromatic rings. The summed E-state index contributed by atoms with van der Waals surface area (Å²) in [6, 6.07) is 7.17. The van der Waals surface area contributed by atoms with E-state index in [-0.39, 0.29) is 18.4 Å². The topological polar surface area (TPSA) is 108 Å². The van der Waals surface area contributed by atoms with E-state index in [4.69, 9.17) is 5.73 Å². The molecule has 7 heteroatoms. The number of hydrogen-bond acceptors (Lipinski definition) is 7. The summed E-state index contributed by atoms with van der Waals surface area (Å²) in [5, 5.41) is 0. The van der Waals surface area contributed by atoms with E-state index in [1.54, 1.807) is 18.2 Å². The Hall–Kier alpha value is -2.25. The molecular formula is C13H16N2O5. The zero-order chi connectivity index (χ0) is 15.0. The summed E-state index contributed by atoms with van der Waals surface area (Å²) in [4.78, 5) is 38.6. The van der Waals surface area contributed by atoms with Crippen LogP contribution in [0, 0.1) is 0 Å². The largest absolute Gasteiger partial charge is 0.389 e. The molecule has 1 aromatic carbocycles. The maximum atomic E-state index is 11.6. The van der Waals surface area contributed by atoms with Crippen molar-refractivity contribution in [3.05, 3.63) is 35.9 Å². The monoisotopic (exact) mass is 280 g/mol. The molecule has 0 aliphatic heterocycles. The fourth-order valence-electron chi connectivity index (χ4n) is 1.36. The zero-order valence-corrected chi connectivity index (χ0v) is 11.0. The van der Waals surface area contributed by atoms with Gasteiger partial charge in [0.2, 0.25) is 0 Å². The standard InChI is InChI=1S/C13H16N2O5/c1-15-20-13(18)10(14)7-8-11(16)19-12(17)9-5-3-2-4-6-9/h2-6,10,15H,7-8,14H2,1H3. The predicted molar refractivity (Wildman–Crippen MR) is 69.2 cm³/mol. The molecule has 1 unspecified atom stereocenters. The van der Waals surface area contributed by atoms with Crippen molar-refractivity contribution in [1.82, 2.24) is 5.48 Å². The van der Waals surface area contributed by atoms with E-state index in [1.165, 1.54) is 19.2 Å². The highest BCUT2D eigenvalue weighted by Crippen LogP contribution is 2.04. The number of ether oxygens (including phenoxy) is 1. The third-order valence-electron chi connectivity index (χ3n) is 2.38. The molecule has 0 fully saturated rings. The molecule has 0 aliphatic rings. The Kier molecular flexibility index (Phi) is 6.34. The first kappa shape index (κ1) is 15.8. The van der Waals surface area contributed by atoms with Crippen LogP contribution >= 0.6 is 0 Å². The molecule has 108 valence electrons. The fourth-order valence-corrected chi connectivity index (χ4v) is 1.36. The second kappa shape index (κ2) is 8.03. The quantitative estimate of drug-likeness (QED) is 0.434. The van der Waals surface area contributed by atoms with Crippen LogP contribution in [0.1, 0.15) is 23.2 Å². The Balaban J connectivity index is 2.37. The number of carbonyl (C=O) groups is 3. The first-order valence-electron chi connectivity index (χ1n) is 5.97. The van der Waals surface area contributed by atoms with Crippen LogP contribution in [-0.2, 0) is 19.2 Å². The molecule has 0 radical (unpaired) electrons. The summed E-state index contributed by atoms with van der Waals surface area (Å²) in [5.74, 6) is -2.16. The van der Waals surface area contributed by atoms with Crippen molar-refractivity contribution in [3.63, 3.8) is 0 Å². The van der Waals surface area contributed by atoms with Gasteiger partial charge in [-0.05, 0) is 18.6 Å². The number of rotatable bonds is 6. The van der Waals surface area contributed by atoms with Gasteiger partial charge in [-0.1, -0.05) is 18.2 Å². The first-order chi connectivity index (χ1) is 9.54. The molecule has 0 saturated heterocycles. The molecule has 0 spiro atoms. The zero-order valence-electron chi connectivity index (χ0n) is 11.0. The second-order valence-electron chi connectivity index (χ2n) is 3.90. The van der Waals surface area contributed by atoms with Crippen molar-refractivity contribution in [3.8, 4) is 0 Å². The van der Waals surface area contributed by atoms with E-state index in [9.17, 15) is 14.4 Å². The lowest BCUT2D eigenvalue weighted by Gasteiger charge is -2.09. The number of nitrogens with one attached hydrogen (secondary N) is 1. The number of carbonyl (C=O) groups excluding carboxylic acids is 3. The van der Waals surface area contributed by atoms with E-state index in [0.29, 0.717) is 0 Å². The van der Waals surface area contributed by atoms with Crippen molar-refractivity contribution in [2.45, 2.75) is 18.9 Å².